The minimum atomic E-state index is 0.534. The Morgan fingerprint density at radius 1 is 1.11 bits per heavy atom. The van der Waals surface area contributed by atoms with Gasteiger partial charge in [-0.05, 0) is 55.0 Å². The van der Waals surface area contributed by atoms with E-state index in [1.807, 2.05) is 12.1 Å². The molecular weight excluding hydrogens is 254 g/mol. The number of nitrogens with one attached hydrogen (secondary N) is 1. The molecule has 1 aliphatic rings. The molecule has 0 spiro atoms. The average Bonchev–Trinajstić information content (AvgIpc) is 2.41. The Kier molecular flexibility index (Phi) is 3.48. The van der Waals surface area contributed by atoms with Crippen molar-refractivity contribution in [1.29, 1.82) is 0 Å². The summed E-state index contributed by atoms with van der Waals surface area (Å²) >= 11 is 5.95. The number of fused-ring (bicyclic) bond motifs is 1. The maximum absolute atomic E-state index is 5.95. The first-order chi connectivity index (χ1) is 9.22. The SMILES string of the molecule is CC1CC(Cc2ccc(Cl)cc2)c2ccccc2N1. The van der Waals surface area contributed by atoms with Gasteiger partial charge in [-0.1, -0.05) is 41.9 Å². The maximum Gasteiger partial charge on any atom is 0.0406 e. The number of rotatable bonds is 2. The van der Waals surface area contributed by atoms with E-state index >= 15 is 0 Å². The minimum absolute atomic E-state index is 0.534. The molecule has 98 valence electrons. The third kappa shape index (κ3) is 2.76. The van der Waals surface area contributed by atoms with E-state index in [-0.39, 0.29) is 0 Å². The van der Waals surface area contributed by atoms with Crippen LogP contribution in [0.25, 0.3) is 0 Å². The van der Waals surface area contributed by atoms with Crippen molar-refractivity contribution in [3.05, 3.63) is 64.7 Å². The van der Waals surface area contributed by atoms with Crippen LogP contribution >= 0.6 is 11.6 Å². The molecule has 0 aromatic heterocycles. The molecule has 3 rings (SSSR count). The van der Waals surface area contributed by atoms with E-state index in [0.717, 1.165) is 11.4 Å². The van der Waals surface area contributed by atoms with Gasteiger partial charge in [0.15, 0.2) is 0 Å². The van der Waals surface area contributed by atoms with Gasteiger partial charge in [0.2, 0.25) is 0 Å². The molecule has 0 aliphatic carbocycles. The van der Waals surface area contributed by atoms with E-state index in [4.69, 9.17) is 11.6 Å². The first-order valence-corrected chi connectivity index (χ1v) is 7.20. The predicted molar refractivity (Wildman–Crippen MR) is 82.0 cm³/mol. The average molecular weight is 272 g/mol. The highest BCUT2D eigenvalue weighted by Gasteiger charge is 2.23. The van der Waals surface area contributed by atoms with Crippen molar-refractivity contribution in [3.63, 3.8) is 0 Å². The normalized spacial score (nSPS) is 21.6. The quantitative estimate of drug-likeness (QED) is 0.822. The monoisotopic (exact) mass is 271 g/mol. The van der Waals surface area contributed by atoms with Crippen molar-refractivity contribution in [2.75, 3.05) is 5.32 Å². The Bertz CT molecular complexity index is 562. The molecule has 2 unspecified atom stereocenters. The molecule has 2 atom stereocenters. The first kappa shape index (κ1) is 12.6. The summed E-state index contributed by atoms with van der Waals surface area (Å²) in [5.74, 6) is 0.591. The number of para-hydroxylation sites is 1. The molecule has 0 saturated carbocycles. The molecule has 2 aromatic rings. The van der Waals surface area contributed by atoms with Gasteiger partial charge in [0.05, 0.1) is 0 Å². The van der Waals surface area contributed by atoms with Crippen LogP contribution in [-0.2, 0) is 6.42 Å². The summed E-state index contributed by atoms with van der Waals surface area (Å²) < 4.78 is 0. The van der Waals surface area contributed by atoms with Gasteiger partial charge < -0.3 is 5.32 Å². The molecule has 1 aliphatic heterocycles. The van der Waals surface area contributed by atoms with Crippen molar-refractivity contribution >= 4 is 17.3 Å². The highest BCUT2D eigenvalue weighted by atomic mass is 35.5. The van der Waals surface area contributed by atoms with E-state index in [1.165, 1.54) is 23.2 Å². The molecular formula is C17H18ClN. The fourth-order valence-electron chi connectivity index (χ4n) is 2.96. The van der Waals surface area contributed by atoms with Gasteiger partial charge in [-0.3, -0.25) is 0 Å². The topological polar surface area (TPSA) is 12.0 Å². The van der Waals surface area contributed by atoms with Crippen LogP contribution in [0.4, 0.5) is 5.69 Å². The Morgan fingerprint density at radius 2 is 1.84 bits per heavy atom. The fraction of sp³-hybridized carbons (Fsp3) is 0.294. The van der Waals surface area contributed by atoms with Crippen molar-refractivity contribution in [1.82, 2.24) is 0 Å². The molecule has 2 aromatic carbocycles. The van der Waals surface area contributed by atoms with Crippen LogP contribution in [0.1, 0.15) is 30.4 Å². The highest BCUT2D eigenvalue weighted by molar-refractivity contribution is 6.30. The standard InChI is InChI=1S/C17H18ClN/c1-12-10-14(11-13-6-8-15(18)9-7-13)16-4-2-3-5-17(16)19-12/h2-9,12,14,19H,10-11H2,1H3. The molecule has 1 nitrogen and oxygen atoms in total. The zero-order valence-corrected chi connectivity index (χ0v) is 11.8. The summed E-state index contributed by atoms with van der Waals surface area (Å²) in [7, 11) is 0. The zero-order valence-electron chi connectivity index (χ0n) is 11.1. The lowest BCUT2D eigenvalue weighted by Crippen LogP contribution is -2.26. The fourth-order valence-corrected chi connectivity index (χ4v) is 3.09. The van der Waals surface area contributed by atoms with Crippen LogP contribution in [-0.4, -0.2) is 6.04 Å². The van der Waals surface area contributed by atoms with Crippen LogP contribution in [0.5, 0.6) is 0 Å². The summed E-state index contributed by atoms with van der Waals surface area (Å²) in [5.41, 5.74) is 4.09. The van der Waals surface area contributed by atoms with Gasteiger partial charge in [-0.15, -0.1) is 0 Å². The van der Waals surface area contributed by atoms with Crippen molar-refractivity contribution < 1.29 is 0 Å². The van der Waals surface area contributed by atoms with Crippen LogP contribution in [0, 0.1) is 0 Å². The molecule has 0 fully saturated rings. The van der Waals surface area contributed by atoms with E-state index < -0.39 is 0 Å². The van der Waals surface area contributed by atoms with Gasteiger partial charge in [-0.25, -0.2) is 0 Å². The van der Waals surface area contributed by atoms with Crippen LogP contribution < -0.4 is 5.32 Å². The Balaban J connectivity index is 1.86. The number of hydrogen-bond acceptors (Lipinski definition) is 1. The van der Waals surface area contributed by atoms with Gasteiger partial charge in [0.1, 0.15) is 0 Å². The number of halogens is 1. The molecule has 19 heavy (non-hydrogen) atoms. The lowest BCUT2D eigenvalue weighted by Gasteiger charge is -2.31. The van der Waals surface area contributed by atoms with Crippen molar-refractivity contribution in [2.24, 2.45) is 0 Å². The second-order valence-electron chi connectivity index (χ2n) is 5.40. The summed E-state index contributed by atoms with van der Waals surface area (Å²) in [6.45, 7) is 2.25. The predicted octanol–water partition coefficient (Wildman–Crippen LogP) is 4.87. The van der Waals surface area contributed by atoms with E-state index in [0.29, 0.717) is 12.0 Å². The lowest BCUT2D eigenvalue weighted by atomic mass is 9.83. The summed E-state index contributed by atoms with van der Waals surface area (Å²) in [4.78, 5) is 0. The Labute approximate surface area is 119 Å². The van der Waals surface area contributed by atoms with Crippen LogP contribution in [0.2, 0.25) is 5.02 Å². The zero-order chi connectivity index (χ0) is 13.2. The lowest BCUT2D eigenvalue weighted by molar-refractivity contribution is 0.551. The molecule has 0 amide bonds. The molecule has 1 heterocycles. The van der Waals surface area contributed by atoms with Crippen LogP contribution in [0.3, 0.4) is 0 Å². The van der Waals surface area contributed by atoms with Gasteiger partial charge in [0, 0.05) is 16.8 Å². The number of hydrogen-bond donors (Lipinski definition) is 1. The molecule has 1 N–H and O–H groups in total. The van der Waals surface area contributed by atoms with Crippen molar-refractivity contribution in [3.8, 4) is 0 Å². The number of anilines is 1. The smallest absolute Gasteiger partial charge is 0.0406 e. The minimum Gasteiger partial charge on any atom is -0.382 e. The molecule has 0 radical (unpaired) electrons. The highest BCUT2D eigenvalue weighted by Crippen LogP contribution is 2.36. The molecule has 2 heteroatoms. The third-order valence-electron chi connectivity index (χ3n) is 3.84. The summed E-state index contributed by atoms with van der Waals surface area (Å²) in [5, 5.41) is 4.37. The largest absolute Gasteiger partial charge is 0.382 e. The summed E-state index contributed by atoms with van der Waals surface area (Å²) in [6.07, 6.45) is 2.26. The number of benzene rings is 2. The van der Waals surface area contributed by atoms with Crippen LogP contribution in [0.15, 0.2) is 48.5 Å². The molecule has 0 bridgehead atoms. The van der Waals surface area contributed by atoms with Gasteiger partial charge >= 0.3 is 0 Å². The second-order valence-corrected chi connectivity index (χ2v) is 5.83. The maximum atomic E-state index is 5.95. The van der Waals surface area contributed by atoms with E-state index in [1.54, 1.807) is 0 Å². The van der Waals surface area contributed by atoms with Crippen molar-refractivity contribution in [2.45, 2.75) is 31.7 Å². The first-order valence-electron chi connectivity index (χ1n) is 6.82. The third-order valence-corrected chi connectivity index (χ3v) is 4.09. The van der Waals surface area contributed by atoms with E-state index in [2.05, 4.69) is 48.6 Å². The Morgan fingerprint density at radius 3 is 2.63 bits per heavy atom. The Hall–Kier alpha value is -1.47. The van der Waals surface area contributed by atoms with E-state index in [9.17, 15) is 0 Å². The molecule has 0 saturated heterocycles. The van der Waals surface area contributed by atoms with Gasteiger partial charge in [0.25, 0.3) is 0 Å². The van der Waals surface area contributed by atoms with Gasteiger partial charge in [-0.2, -0.15) is 0 Å². The summed E-state index contributed by atoms with van der Waals surface area (Å²) in [6, 6.07) is 17.4. The second kappa shape index (κ2) is 5.26.